The van der Waals surface area contributed by atoms with Crippen LogP contribution in [0.3, 0.4) is 0 Å². The number of ketones is 3. The standard InChI is InChI=1S/C48H48N4O14S.C30H25NO9.C18H27N3O6S.CH4/c1-26-49-32(25-67-26)37(50-66-46(8,9)42(58)64-44(2,3)4)34(53)20-27-24-60-52(38(27)54)47(43(59)65-45(5,6)7)23-33(41(57)63-47)51-39(55)30-21-35-36(22-31(30)40(51)56)62-48(61-35,28-16-12-10-13-17-28)29-18-14-11-15-19-29;1-29(2,3)40-28(37)22(32)16-21(27(35)36)31-25(33)19-14-23-24(15-20(19)26(31)34)39-30(38-23,17-10-6-4-7-11-17)18-12-8-5-9-13-18;1-10-20-12(9-28-10)14(13(23)7-11(8-22)15(19)24)21-27-18(5,6)16(25)26-17(2,3)4;/h10-19,21-22,25,27,33H,20,23-24H2,1-9H3;4-15,21H,16H2,1-3H3,(H,35,36);9,11,22H,7-8H2,1-6H3,(H2,19,24);1H4/b50-37-;;21-14-;/t27-,33+,47?;21-;11-;/m010./s1. The van der Waals surface area contributed by atoms with E-state index < -0.39 is 196 Å². The number of carboxylic acid groups (broad SMARTS) is 1. The number of aliphatic hydroxyl groups excluding tert-OH is 1. The Morgan fingerprint density at radius 1 is 0.507 bits per heavy atom. The maximum absolute atomic E-state index is 14.3. The summed E-state index contributed by atoms with van der Waals surface area (Å²) in [7, 11) is 0. The van der Waals surface area contributed by atoms with Crippen molar-refractivity contribution in [2.75, 3.05) is 13.2 Å². The number of nitrogens with zero attached hydrogens (tertiary/aromatic N) is 7. The van der Waals surface area contributed by atoms with E-state index in [1.807, 2.05) is 121 Å². The molecule has 2 saturated heterocycles. The van der Waals surface area contributed by atoms with Gasteiger partial charge in [0.15, 0.2) is 46.0 Å². The summed E-state index contributed by atoms with van der Waals surface area (Å²) in [5.74, 6) is -19.2. The van der Waals surface area contributed by atoms with E-state index in [1.165, 1.54) is 74.6 Å². The van der Waals surface area contributed by atoms with Crippen molar-refractivity contribution < 1.29 is 139 Å². The fourth-order valence-electron chi connectivity index (χ4n) is 14.3. The van der Waals surface area contributed by atoms with Crippen LogP contribution in [0.4, 0.5) is 0 Å². The number of ether oxygens (including phenoxy) is 9. The van der Waals surface area contributed by atoms with Crippen molar-refractivity contribution in [3.05, 3.63) is 222 Å². The lowest BCUT2D eigenvalue weighted by Crippen LogP contribution is -2.57. The predicted octanol–water partition coefficient (Wildman–Crippen LogP) is 11.7. The van der Waals surface area contributed by atoms with Crippen LogP contribution >= 0.6 is 22.7 Å². The molecule has 2 aromatic heterocycles. The van der Waals surface area contributed by atoms with Gasteiger partial charge in [0.1, 0.15) is 45.9 Å². The molecule has 0 spiro atoms. The Bertz CT molecular complexity index is 5950. The minimum atomic E-state index is -2.65. The number of nitrogens with two attached hydrogens (primary N) is 1. The first kappa shape index (κ1) is 102. The molecule has 0 aliphatic carbocycles. The molecule has 718 valence electrons. The Morgan fingerprint density at radius 3 is 1.21 bits per heavy atom. The number of esters is 5. The molecule has 4 N–H and O–H groups in total. The van der Waals surface area contributed by atoms with Gasteiger partial charge in [0.2, 0.25) is 22.9 Å². The van der Waals surface area contributed by atoms with Crippen LogP contribution in [0.5, 0.6) is 23.0 Å². The monoisotopic (exact) mass is 1910 g/mol. The van der Waals surface area contributed by atoms with Gasteiger partial charge in [0.25, 0.3) is 29.5 Å². The summed E-state index contributed by atoms with van der Waals surface area (Å²) in [6.07, 6.45) is -2.65. The number of hydrogen-bond acceptors (Lipinski definition) is 34. The second kappa shape index (κ2) is 39.3. The second-order valence-corrected chi connectivity index (χ2v) is 39.0. The fourth-order valence-corrected chi connectivity index (χ4v) is 15.5. The zero-order chi connectivity index (χ0) is 98.9. The number of primary amides is 1. The molecule has 6 aromatic carbocycles. The maximum Gasteiger partial charge on any atom is 0.375 e. The number of aryl methyl sites for hydroxylation is 2. The topological polar surface area (TPSA) is 494 Å². The SMILES string of the molecule is C.CC(C)(C)OC(=O)C(=O)C[C@H](C(=O)O)N1C(=O)c2cc3c(cc2C1=O)OC(c1ccccc1)(c1ccccc1)O3.Cc1nc(/C(=N/OC(C)(C)C(=O)OC(C)(C)C)C(=O)C[C@@H](CO)C(N)=O)cs1.Cc1nc(/C(=N/OC(C)(C)C(=O)OC(C)(C)C)C(=O)C[C@H]2CON(C3(C(=O)OC(C)(C)C)C[C@@H](N4C(=O)c5cc6c(cc5C4=O)OC(c4ccccc4)(c4ccccc4)O6)C(=O)O3)C2=O)cs1. The maximum atomic E-state index is 14.3. The fraction of sp³-hybridized carbons (Fsp3) is 0.392. The summed E-state index contributed by atoms with van der Waals surface area (Å²) in [5.41, 5.74) is -2.25. The number of amides is 6. The number of carbonyl (C=O) groups excluding carboxylic acids is 14. The first-order valence-corrected chi connectivity index (χ1v) is 44.2. The third-order valence-corrected chi connectivity index (χ3v) is 22.3. The molecule has 6 aliphatic rings. The van der Waals surface area contributed by atoms with Gasteiger partial charge in [-0.25, -0.2) is 38.7 Å². The van der Waals surface area contributed by atoms with Gasteiger partial charge in [-0.15, -0.1) is 22.7 Å². The Balaban J connectivity index is 0.000000218. The van der Waals surface area contributed by atoms with E-state index in [2.05, 4.69) is 20.3 Å². The van der Waals surface area contributed by atoms with Gasteiger partial charge in [-0.2, -0.15) is 5.06 Å². The molecule has 39 heteroatoms. The number of carbonyl (C=O) groups is 15. The molecule has 0 bridgehead atoms. The number of rotatable bonds is 28. The molecule has 136 heavy (non-hydrogen) atoms. The third kappa shape index (κ3) is 22.0. The number of Topliss-reactive ketones (excluding diaryl/α,β-unsaturated/α-hetero) is 3. The third-order valence-electron chi connectivity index (χ3n) is 20.8. The number of thiazole rings is 2. The molecule has 6 amide bonds. The number of cyclic esters (lactones) is 1. The number of hydroxylamine groups is 2. The second-order valence-electron chi connectivity index (χ2n) is 36.9. The average Bonchev–Trinajstić information content (AvgIpc) is 1.55. The highest BCUT2D eigenvalue weighted by Crippen LogP contribution is 2.53. The van der Waals surface area contributed by atoms with Crippen molar-refractivity contribution >= 4 is 123 Å². The predicted molar refractivity (Wildman–Crippen MR) is 485 cm³/mol. The Labute approximate surface area is 789 Å². The van der Waals surface area contributed by atoms with Crippen molar-refractivity contribution in [1.29, 1.82) is 0 Å². The van der Waals surface area contributed by atoms with Crippen LogP contribution in [0.2, 0.25) is 0 Å². The van der Waals surface area contributed by atoms with Crippen LogP contribution in [0.25, 0.3) is 0 Å². The van der Waals surface area contributed by atoms with E-state index in [-0.39, 0.29) is 81.9 Å². The Kier molecular flexibility index (Phi) is 29.6. The summed E-state index contributed by atoms with van der Waals surface area (Å²) in [6.45, 7) is 27.6. The smallest absolute Gasteiger partial charge is 0.375 e. The lowest BCUT2D eigenvalue weighted by molar-refractivity contribution is -0.263. The van der Waals surface area contributed by atoms with Gasteiger partial charge < -0.3 is 68.3 Å². The molecule has 0 saturated carbocycles. The molecule has 5 atom stereocenters. The van der Waals surface area contributed by atoms with E-state index in [1.54, 1.807) is 108 Å². The quantitative estimate of drug-likeness (QED) is 0.0102. The van der Waals surface area contributed by atoms with Crippen molar-refractivity contribution in [2.24, 2.45) is 27.9 Å². The van der Waals surface area contributed by atoms with E-state index in [0.717, 1.165) is 0 Å². The Hall–Kier alpha value is -14.3. The average molecular weight is 1910 g/mol. The molecule has 37 nitrogen and oxygen atoms in total. The minimum Gasteiger partial charge on any atom is -0.480 e. The highest BCUT2D eigenvalue weighted by molar-refractivity contribution is 7.10. The molecule has 1 unspecified atom stereocenters. The summed E-state index contributed by atoms with van der Waals surface area (Å²) >= 11 is 2.52. The van der Waals surface area contributed by atoms with Crippen molar-refractivity contribution in [1.82, 2.24) is 24.8 Å². The van der Waals surface area contributed by atoms with Crippen molar-refractivity contribution in [2.45, 2.75) is 221 Å². The van der Waals surface area contributed by atoms with Crippen molar-refractivity contribution in [3.63, 3.8) is 0 Å². The van der Waals surface area contributed by atoms with Crippen LogP contribution in [0.15, 0.2) is 167 Å². The number of carboxylic acids is 1. The first-order valence-electron chi connectivity index (χ1n) is 42.4. The van der Waals surface area contributed by atoms with Gasteiger partial charge in [-0.1, -0.05) is 139 Å². The number of imide groups is 2. The number of hydrogen-bond donors (Lipinski definition) is 3. The molecule has 8 aromatic rings. The number of oxime groups is 2. The normalized spacial score (nSPS) is 18.0. The molecular formula is C97H104N8O29S2. The van der Waals surface area contributed by atoms with Gasteiger partial charge in [-0.05, 0) is 149 Å². The highest BCUT2D eigenvalue weighted by atomic mass is 32.1. The minimum absolute atomic E-state index is 0. The number of benzene rings is 6. The molecule has 14 rings (SSSR count). The summed E-state index contributed by atoms with van der Waals surface area (Å²) in [6, 6.07) is 38.3. The van der Waals surface area contributed by atoms with E-state index in [4.69, 9.17) is 62.9 Å². The summed E-state index contributed by atoms with van der Waals surface area (Å²) in [5, 5.41) is 31.9. The van der Waals surface area contributed by atoms with Crippen LogP contribution in [0.1, 0.15) is 229 Å². The largest absolute Gasteiger partial charge is 0.480 e. The number of fused-ring (bicyclic) bond motifs is 4. The first-order chi connectivity index (χ1) is 63.1. The van der Waals surface area contributed by atoms with Crippen LogP contribution in [-0.4, -0.2) is 200 Å². The molecule has 0 radical (unpaired) electrons. The molecule has 8 heterocycles. The molecule has 6 aliphatic heterocycles. The Morgan fingerprint density at radius 2 is 0.875 bits per heavy atom. The van der Waals surface area contributed by atoms with Gasteiger partial charge in [-0.3, -0.25) is 57.8 Å². The van der Waals surface area contributed by atoms with E-state index >= 15 is 0 Å². The van der Waals surface area contributed by atoms with Crippen molar-refractivity contribution in [3.8, 4) is 23.0 Å². The zero-order valence-corrected chi connectivity index (χ0v) is 78.6. The van der Waals surface area contributed by atoms with E-state index in [0.29, 0.717) is 47.1 Å². The molecule has 2 fully saturated rings. The highest BCUT2D eigenvalue weighted by Gasteiger charge is 2.67. The lowest BCUT2D eigenvalue weighted by atomic mass is 9.97. The van der Waals surface area contributed by atoms with Gasteiger partial charge in [0.05, 0.1) is 63.7 Å². The number of aliphatic hydroxyl groups is 1. The molecular weight excluding hydrogens is 1810 g/mol. The zero-order valence-electron chi connectivity index (χ0n) is 77.0. The van der Waals surface area contributed by atoms with Crippen LogP contribution in [0, 0.1) is 25.7 Å². The van der Waals surface area contributed by atoms with E-state index in [9.17, 15) is 82.1 Å². The van der Waals surface area contributed by atoms with Gasteiger partial charge in [0, 0.05) is 52.3 Å². The van der Waals surface area contributed by atoms with Gasteiger partial charge >= 0.3 is 53.1 Å². The summed E-state index contributed by atoms with van der Waals surface area (Å²) < 4.78 is 52.8. The summed E-state index contributed by atoms with van der Waals surface area (Å²) in [4.78, 5) is 224. The lowest BCUT2D eigenvalue weighted by Gasteiger charge is -2.35. The number of aliphatic carboxylic acids is 1. The van der Waals surface area contributed by atoms with Crippen LogP contribution in [-0.2, 0) is 103 Å². The number of aromatic nitrogens is 2. The van der Waals surface area contributed by atoms with Crippen LogP contribution < -0.4 is 24.7 Å².